The lowest BCUT2D eigenvalue weighted by Crippen LogP contribution is -2.42. The number of hydrogen-bond acceptors (Lipinski definition) is 6. The van der Waals surface area contributed by atoms with Gasteiger partial charge in [-0.25, -0.2) is 0 Å². The fraction of sp³-hybridized carbons (Fsp3) is 0.875. The van der Waals surface area contributed by atoms with E-state index in [4.69, 9.17) is 26.6 Å². The zero-order valence-corrected chi connectivity index (χ0v) is 18.8. The Morgan fingerprint density at radius 1 is 0.750 bits per heavy atom. The lowest BCUT2D eigenvalue weighted by atomic mass is 10.1. The average molecular weight is 383 g/mol. The van der Waals surface area contributed by atoms with E-state index in [2.05, 4.69) is 20.4 Å². The van der Waals surface area contributed by atoms with Crippen molar-refractivity contribution in [2.75, 3.05) is 42.7 Å². The summed E-state index contributed by atoms with van der Waals surface area (Å²) in [4.78, 5) is 0. The van der Waals surface area contributed by atoms with Gasteiger partial charge in [0.25, 0.3) is 0 Å². The van der Waals surface area contributed by atoms with E-state index < -0.39 is 17.6 Å². The lowest BCUT2D eigenvalue weighted by molar-refractivity contribution is 0.122. The van der Waals surface area contributed by atoms with E-state index in [-0.39, 0.29) is 0 Å². The van der Waals surface area contributed by atoms with E-state index in [9.17, 15) is 0 Å². The molecule has 0 aliphatic rings. The van der Waals surface area contributed by atoms with Crippen molar-refractivity contribution in [1.82, 2.24) is 0 Å². The van der Waals surface area contributed by atoms with Gasteiger partial charge in [-0.3, -0.25) is 0 Å². The average Bonchev–Trinajstić information content (AvgIpc) is 2.61. The van der Waals surface area contributed by atoms with Crippen LogP contribution in [0.2, 0.25) is 6.04 Å². The van der Waals surface area contributed by atoms with Gasteiger partial charge in [-0.2, -0.15) is 0 Å². The number of hydrogen-bond donors (Lipinski definition) is 0. The molecule has 0 amide bonds. The zero-order chi connectivity index (χ0) is 19.1. The molecule has 0 heterocycles. The molecule has 6 nitrogen and oxygen atoms in total. The highest BCUT2D eigenvalue weighted by molar-refractivity contribution is 6.66. The van der Waals surface area contributed by atoms with E-state index in [0.29, 0.717) is 0 Å². The molecule has 0 spiro atoms. The van der Waals surface area contributed by atoms with Gasteiger partial charge in [-0.15, -0.1) is 0 Å². The molecule has 0 rings (SSSR count). The number of unbranched alkanes of at least 4 members (excludes halogenated alkanes) is 2. The zero-order valence-electron chi connectivity index (χ0n) is 16.8. The van der Waals surface area contributed by atoms with Crippen molar-refractivity contribution in [1.29, 1.82) is 0 Å². The van der Waals surface area contributed by atoms with Crippen LogP contribution in [0.1, 0.15) is 39.5 Å². The summed E-state index contributed by atoms with van der Waals surface area (Å²) < 4.78 is 31.0. The minimum absolute atomic E-state index is 0.805. The van der Waals surface area contributed by atoms with Gasteiger partial charge in [0.15, 0.2) is 0 Å². The molecular formula is C16H38O6Si2. The van der Waals surface area contributed by atoms with Crippen molar-refractivity contribution in [3.8, 4) is 0 Å². The molecule has 0 aliphatic heterocycles. The smallest absolute Gasteiger partial charge is 0.377 e. The van der Waals surface area contributed by atoms with Crippen LogP contribution >= 0.6 is 0 Å². The Kier molecular flexibility index (Phi) is 16.6. The first-order valence-corrected chi connectivity index (χ1v) is 12.0. The maximum atomic E-state index is 5.36. The molecular weight excluding hydrogens is 344 g/mol. The molecule has 0 N–H and O–H groups in total. The van der Waals surface area contributed by atoms with Gasteiger partial charge >= 0.3 is 17.6 Å². The van der Waals surface area contributed by atoms with Crippen molar-refractivity contribution in [3.05, 3.63) is 12.3 Å². The van der Waals surface area contributed by atoms with Gasteiger partial charge in [0, 0.05) is 48.7 Å². The van der Waals surface area contributed by atoms with E-state index in [1.54, 1.807) is 48.4 Å². The third kappa shape index (κ3) is 10.7. The fourth-order valence-electron chi connectivity index (χ4n) is 2.13. The molecule has 0 aromatic rings. The minimum Gasteiger partial charge on any atom is -0.377 e. The molecule has 0 atom stereocenters. The van der Waals surface area contributed by atoms with E-state index in [1.165, 1.54) is 19.3 Å². The topological polar surface area (TPSA) is 55.4 Å². The second-order valence-electron chi connectivity index (χ2n) is 5.71. The molecule has 0 saturated carbocycles. The van der Waals surface area contributed by atoms with Crippen molar-refractivity contribution in [3.63, 3.8) is 0 Å². The third-order valence-electron chi connectivity index (χ3n) is 3.80. The largest absolute Gasteiger partial charge is 0.528 e. The van der Waals surface area contributed by atoms with Crippen LogP contribution in [0.25, 0.3) is 0 Å². The van der Waals surface area contributed by atoms with Crippen LogP contribution in [-0.2, 0) is 26.6 Å². The highest BCUT2D eigenvalue weighted by Crippen LogP contribution is 2.18. The van der Waals surface area contributed by atoms with Gasteiger partial charge in [0.2, 0.25) is 0 Å². The highest BCUT2D eigenvalue weighted by Gasteiger charge is 2.36. The Balaban J connectivity index is 0. The predicted octanol–water partition coefficient (Wildman–Crippen LogP) is 3.67. The van der Waals surface area contributed by atoms with Crippen molar-refractivity contribution < 1.29 is 26.6 Å². The normalized spacial score (nSPS) is 12.0. The van der Waals surface area contributed by atoms with Crippen LogP contribution in [0, 0.1) is 5.92 Å². The Labute approximate surface area is 151 Å². The molecule has 0 aromatic carbocycles. The van der Waals surface area contributed by atoms with Crippen LogP contribution in [0.5, 0.6) is 0 Å². The summed E-state index contributed by atoms with van der Waals surface area (Å²) in [6, 6.07) is 0.925. The summed E-state index contributed by atoms with van der Waals surface area (Å²) >= 11 is 0. The minimum atomic E-state index is -2.43. The van der Waals surface area contributed by atoms with E-state index in [0.717, 1.165) is 18.4 Å². The number of rotatable bonds is 13. The Morgan fingerprint density at radius 3 is 1.46 bits per heavy atom. The summed E-state index contributed by atoms with van der Waals surface area (Å²) in [6.07, 6.45) is 4.97. The Morgan fingerprint density at radius 2 is 1.21 bits per heavy atom. The van der Waals surface area contributed by atoms with Gasteiger partial charge in [0.1, 0.15) is 0 Å². The monoisotopic (exact) mass is 382 g/mol. The molecule has 24 heavy (non-hydrogen) atoms. The van der Waals surface area contributed by atoms with Crippen LogP contribution < -0.4 is 0 Å². The SMILES string of the molecule is C=C[Si](OC)(OC)OC.CO[Si](CCCCCC(C)C)(OC)OC. The second kappa shape index (κ2) is 15.2. The highest BCUT2D eigenvalue weighted by atomic mass is 28.4. The standard InChI is InChI=1S/C11H26O3Si.C5H12O3Si/c1-11(2)9-7-6-8-10-15(12-3,13-4)14-5;1-5-9(6-2,7-3)8-4/h11H,6-10H2,1-5H3;5H,1H2,2-4H3. The Bertz CT molecular complexity index is 278. The summed E-state index contributed by atoms with van der Waals surface area (Å²) in [5, 5.41) is 0. The van der Waals surface area contributed by atoms with Crippen LogP contribution in [0.4, 0.5) is 0 Å². The predicted molar refractivity (Wildman–Crippen MR) is 102 cm³/mol. The summed E-state index contributed by atoms with van der Waals surface area (Å²) in [6.45, 7) is 8.06. The summed E-state index contributed by atoms with van der Waals surface area (Å²) in [5.74, 6) is 0.805. The van der Waals surface area contributed by atoms with Crippen LogP contribution in [0.15, 0.2) is 12.3 Å². The lowest BCUT2D eigenvalue weighted by Gasteiger charge is -2.24. The van der Waals surface area contributed by atoms with Gasteiger partial charge in [0.05, 0.1) is 0 Å². The molecule has 8 heteroatoms. The molecule has 0 unspecified atom stereocenters. The molecule has 146 valence electrons. The molecule has 0 aliphatic carbocycles. The molecule has 0 saturated heterocycles. The first-order valence-electron chi connectivity index (χ1n) is 8.29. The molecule has 0 aromatic heterocycles. The van der Waals surface area contributed by atoms with Gasteiger partial charge in [-0.05, 0) is 18.0 Å². The van der Waals surface area contributed by atoms with E-state index in [1.807, 2.05) is 0 Å². The second-order valence-corrected chi connectivity index (χ2v) is 11.6. The van der Waals surface area contributed by atoms with Crippen molar-refractivity contribution in [2.45, 2.75) is 45.6 Å². The summed E-state index contributed by atoms with van der Waals surface area (Å²) in [5.41, 5.74) is 1.58. The fourth-order valence-corrected chi connectivity index (χ4v) is 4.92. The van der Waals surface area contributed by atoms with Crippen molar-refractivity contribution >= 4 is 17.6 Å². The van der Waals surface area contributed by atoms with Crippen LogP contribution in [0.3, 0.4) is 0 Å². The molecule has 0 fully saturated rings. The first-order chi connectivity index (χ1) is 11.3. The summed E-state index contributed by atoms with van der Waals surface area (Å²) in [7, 11) is 4.93. The first kappa shape index (κ1) is 26.2. The maximum absolute atomic E-state index is 5.36. The maximum Gasteiger partial charge on any atom is 0.528 e. The van der Waals surface area contributed by atoms with Gasteiger partial charge < -0.3 is 26.6 Å². The molecule has 0 radical (unpaired) electrons. The Hall–Kier alpha value is -0.0662. The van der Waals surface area contributed by atoms with Gasteiger partial charge in [-0.1, -0.05) is 39.7 Å². The quantitative estimate of drug-likeness (QED) is 0.358. The third-order valence-corrected chi connectivity index (χ3v) is 8.84. The van der Waals surface area contributed by atoms with Crippen molar-refractivity contribution in [2.24, 2.45) is 5.92 Å². The van der Waals surface area contributed by atoms with Crippen LogP contribution in [-0.4, -0.2) is 60.3 Å². The van der Waals surface area contributed by atoms with E-state index >= 15 is 0 Å². The molecule has 0 bridgehead atoms.